The lowest BCUT2D eigenvalue weighted by atomic mass is 10.2. The molecule has 0 spiro atoms. The molecule has 0 amide bonds. The Balaban J connectivity index is 3.10. The van der Waals surface area contributed by atoms with E-state index in [0.717, 1.165) is 12.1 Å². The van der Waals surface area contributed by atoms with E-state index in [1.165, 1.54) is 0 Å². The van der Waals surface area contributed by atoms with E-state index < -0.39 is 26.7 Å². The van der Waals surface area contributed by atoms with Crippen molar-refractivity contribution in [1.82, 2.24) is 4.72 Å². The molecule has 1 aromatic carbocycles. The van der Waals surface area contributed by atoms with E-state index >= 15 is 0 Å². The third-order valence-corrected chi connectivity index (χ3v) is 3.49. The molecule has 2 N–H and O–H groups in total. The molecule has 0 aromatic heterocycles. The minimum absolute atomic E-state index is 0.0427. The number of hydrogen-bond donors (Lipinski definition) is 2. The Morgan fingerprint density at radius 1 is 1.50 bits per heavy atom. The minimum Gasteiger partial charge on any atom is -0.478 e. The highest BCUT2D eigenvalue weighted by Crippen LogP contribution is 2.16. The van der Waals surface area contributed by atoms with Crippen molar-refractivity contribution in [3.63, 3.8) is 0 Å². The lowest BCUT2D eigenvalue weighted by Gasteiger charge is -2.07. The molecule has 0 atom stereocenters. The van der Waals surface area contributed by atoms with Crippen LogP contribution in [0.4, 0.5) is 4.39 Å². The maximum atomic E-state index is 13.5. The second kappa shape index (κ2) is 5.47. The van der Waals surface area contributed by atoms with E-state index in [-0.39, 0.29) is 17.1 Å². The number of rotatable bonds is 5. The van der Waals surface area contributed by atoms with Gasteiger partial charge in [0.2, 0.25) is 10.0 Å². The summed E-state index contributed by atoms with van der Waals surface area (Å²) in [6, 6.07) is 2.50. The molecule has 1 aromatic rings. The van der Waals surface area contributed by atoms with Crippen molar-refractivity contribution in [1.29, 1.82) is 0 Å². The maximum absolute atomic E-state index is 13.5. The average Bonchev–Trinajstić information content (AvgIpc) is 2.26. The summed E-state index contributed by atoms with van der Waals surface area (Å²) in [7, 11) is -4.09. The fraction of sp³-hybridized carbons (Fsp3) is 0.100. The number of hydrogen-bond acceptors (Lipinski definition) is 3. The zero-order chi connectivity index (χ0) is 13.9. The molecule has 0 aliphatic heterocycles. The van der Waals surface area contributed by atoms with Crippen molar-refractivity contribution in [2.75, 3.05) is 6.54 Å². The van der Waals surface area contributed by atoms with Crippen molar-refractivity contribution < 1.29 is 22.7 Å². The highest BCUT2D eigenvalue weighted by atomic mass is 35.5. The Labute approximate surface area is 108 Å². The summed E-state index contributed by atoms with van der Waals surface area (Å²) in [4.78, 5) is 9.92. The van der Waals surface area contributed by atoms with Crippen molar-refractivity contribution in [3.8, 4) is 0 Å². The van der Waals surface area contributed by atoms with Crippen molar-refractivity contribution >= 4 is 27.6 Å². The second-order valence-corrected chi connectivity index (χ2v) is 5.56. The van der Waals surface area contributed by atoms with Crippen molar-refractivity contribution in [2.45, 2.75) is 4.90 Å². The van der Waals surface area contributed by atoms with E-state index in [2.05, 4.69) is 6.58 Å². The molecule has 0 fully saturated rings. The number of sulfonamides is 1. The van der Waals surface area contributed by atoms with Gasteiger partial charge in [0.25, 0.3) is 0 Å². The SMILES string of the molecule is C=C(Cl)CNS(=O)(=O)c1ccc(C(=O)O)cc1F. The second-order valence-electron chi connectivity index (χ2n) is 3.29. The molecule has 0 unspecified atom stereocenters. The fourth-order valence-corrected chi connectivity index (χ4v) is 2.33. The zero-order valence-corrected chi connectivity index (χ0v) is 10.6. The predicted molar refractivity (Wildman–Crippen MR) is 63.5 cm³/mol. The Kier molecular flexibility index (Phi) is 4.44. The summed E-state index contributed by atoms with van der Waals surface area (Å²) < 4.78 is 38.8. The number of nitrogens with one attached hydrogen (secondary N) is 1. The highest BCUT2D eigenvalue weighted by Gasteiger charge is 2.20. The number of benzene rings is 1. The van der Waals surface area contributed by atoms with E-state index in [1.54, 1.807) is 0 Å². The van der Waals surface area contributed by atoms with Crippen LogP contribution in [0.25, 0.3) is 0 Å². The molecule has 5 nitrogen and oxygen atoms in total. The monoisotopic (exact) mass is 293 g/mol. The number of carbonyl (C=O) groups is 1. The van der Waals surface area contributed by atoms with Crippen LogP contribution in [0.2, 0.25) is 0 Å². The molecule has 1 rings (SSSR count). The Hall–Kier alpha value is -1.44. The lowest BCUT2D eigenvalue weighted by Crippen LogP contribution is -2.25. The standard InChI is InChI=1S/C10H9ClFNO4S/c1-6(11)5-13-18(16,17)9-3-2-7(10(14)15)4-8(9)12/h2-4,13H,1,5H2,(H,14,15). The van der Waals surface area contributed by atoms with Gasteiger partial charge in [-0.3, -0.25) is 0 Å². The van der Waals surface area contributed by atoms with Gasteiger partial charge in [-0.2, -0.15) is 0 Å². The third kappa shape index (κ3) is 3.52. The van der Waals surface area contributed by atoms with Crippen LogP contribution in [0.3, 0.4) is 0 Å². The first-order chi connectivity index (χ1) is 8.24. The van der Waals surface area contributed by atoms with Crippen molar-refractivity contribution in [3.05, 3.63) is 41.2 Å². The normalized spacial score (nSPS) is 11.2. The lowest BCUT2D eigenvalue weighted by molar-refractivity contribution is 0.0696. The van der Waals surface area contributed by atoms with E-state index in [9.17, 15) is 17.6 Å². The average molecular weight is 294 g/mol. The summed E-state index contributed by atoms with van der Waals surface area (Å²) in [5.41, 5.74) is -0.340. The molecular formula is C10H9ClFNO4S. The molecule has 98 valence electrons. The summed E-state index contributed by atoms with van der Waals surface area (Å²) in [6.45, 7) is 3.03. The molecule has 0 saturated carbocycles. The molecule has 0 heterocycles. The van der Waals surface area contributed by atoms with Gasteiger partial charge >= 0.3 is 5.97 Å². The molecular weight excluding hydrogens is 285 g/mol. The van der Waals surface area contributed by atoms with Gasteiger partial charge in [-0.05, 0) is 18.2 Å². The molecule has 0 radical (unpaired) electrons. The van der Waals surface area contributed by atoms with Gasteiger partial charge in [0.1, 0.15) is 10.7 Å². The van der Waals surface area contributed by atoms with E-state index in [4.69, 9.17) is 16.7 Å². The molecule has 0 aliphatic carbocycles. The number of carboxylic acids is 1. The van der Waals surface area contributed by atoms with Crippen LogP contribution in [-0.4, -0.2) is 26.0 Å². The number of aromatic carboxylic acids is 1. The van der Waals surface area contributed by atoms with Gasteiger partial charge < -0.3 is 5.11 Å². The Morgan fingerprint density at radius 2 is 2.11 bits per heavy atom. The summed E-state index contributed by atoms with van der Waals surface area (Å²) in [5.74, 6) is -2.50. The van der Waals surface area contributed by atoms with Crippen LogP contribution in [-0.2, 0) is 10.0 Å². The predicted octanol–water partition coefficient (Wildman–Crippen LogP) is 1.55. The number of halogens is 2. The largest absolute Gasteiger partial charge is 0.478 e. The maximum Gasteiger partial charge on any atom is 0.335 e. The molecule has 0 bridgehead atoms. The van der Waals surface area contributed by atoms with Gasteiger partial charge in [-0.1, -0.05) is 18.2 Å². The first-order valence-electron chi connectivity index (χ1n) is 4.60. The van der Waals surface area contributed by atoms with Crippen LogP contribution < -0.4 is 4.72 Å². The highest BCUT2D eigenvalue weighted by molar-refractivity contribution is 7.89. The van der Waals surface area contributed by atoms with Gasteiger partial charge in [-0.25, -0.2) is 22.3 Å². The third-order valence-electron chi connectivity index (χ3n) is 1.92. The molecule has 0 aliphatic rings. The van der Waals surface area contributed by atoms with Gasteiger partial charge in [-0.15, -0.1) is 0 Å². The van der Waals surface area contributed by atoms with Gasteiger partial charge in [0.15, 0.2) is 0 Å². The Morgan fingerprint density at radius 3 is 2.56 bits per heavy atom. The van der Waals surface area contributed by atoms with E-state index in [1.807, 2.05) is 4.72 Å². The molecule has 0 saturated heterocycles. The zero-order valence-electron chi connectivity index (χ0n) is 8.98. The number of carboxylic acid groups (broad SMARTS) is 1. The summed E-state index contributed by atoms with van der Waals surface area (Å²) >= 11 is 5.38. The van der Waals surface area contributed by atoms with E-state index in [0.29, 0.717) is 6.07 Å². The van der Waals surface area contributed by atoms with Gasteiger partial charge in [0.05, 0.1) is 5.56 Å². The first kappa shape index (κ1) is 14.6. The van der Waals surface area contributed by atoms with Crippen LogP contribution >= 0.6 is 11.6 Å². The van der Waals surface area contributed by atoms with Gasteiger partial charge in [0, 0.05) is 11.6 Å². The smallest absolute Gasteiger partial charge is 0.335 e. The van der Waals surface area contributed by atoms with Crippen LogP contribution in [0.5, 0.6) is 0 Å². The Bertz CT molecular complexity index is 600. The first-order valence-corrected chi connectivity index (χ1v) is 6.46. The fourth-order valence-electron chi connectivity index (χ4n) is 1.10. The summed E-state index contributed by atoms with van der Waals surface area (Å²) in [5, 5.41) is 8.66. The minimum atomic E-state index is -4.09. The summed E-state index contributed by atoms with van der Waals surface area (Å²) in [6.07, 6.45) is 0. The van der Waals surface area contributed by atoms with Crippen LogP contribution in [0.1, 0.15) is 10.4 Å². The van der Waals surface area contributed by atoms with Crippen LogP contribution in [0.15, 0.2) is 34.7 Å². The van der Waals surface area contributed by atoms with Crippen LogP contribution in [0, 0.1) is 5.82 Å². The quantitative estimate of drug-likeness (QED) is 0.863. The topological polar surface area (TPSA) is 83.5 Å². The van der Waals surface area contributed by atoms with Crippen molar-refractivity contribution in [2.24, 2.45) is 0 Å². The molecule has 18 heavy (non-hydrogen) atoms. The molecule has 8 heteroatoms.